The summed E-state index contributed by atoms with van der Waals surface area (Å²) < 4.78 is 0. The van der Waals surface area contributed by atoms with Gasteiger partial charge in [0.25, 0.3) is 0 Å². The first-order valence-corrected chi connectivity index (χ1v) is 5.87. The zero-order valence-corrected chi connectivity index (χ0v) is 9.67. The highest BCUT2D eigenvalue weighted by Crippen LogP contribution is 2.32. The quantitative estimate of drug-likeness (QED) is 0.801. The zero-order chi connectivity index (χ0) is 10.7. The van der Waals surface area contributed by atoms with Gasteiger partial charge in [-0.15, -0.1) is 11.6 Å². The summed E-state index contributed by atoms with van der Waals surface area (Å²) in [7, 11) is 0. The van der Waals surface area contributed by atoms with Gasteiger partial charge in [0.2, 0.25) is 0 Å². The Balaban J connectivity index is 1.81. The molecular weight excluding hydrogens is 210 g/mol. The molecule has 0 aliphatic heterocycles. The molecule has 1 aromatic heterocycles. The molecule has 1 aromatic rings. The van der Waals surface area contributed by atoms with Crippen molar-refractivity contribution >= 4 is 17.4 Å². The molecule has 4 heteroatoms. The van der Waals surface area contributed by atoms with Gasteiger partial charge in [-0.05, 0) is 31.7 Å². The molecule has 1 saturated carbocycles. The molecule has 1 aliphatic carbocycles. The minimum absolute atomic E-state index is 0.231. The largest absolute Gasteiger partial charge is 0.368 e. The molecule has 0 saturated heterocycles. The van der Waals surface area contributed by atoms with Crippen LogP contribution < -0.4 is 5.32 Å². The van der Waals surface area contributed by atoms with Crippen LogP contribution in [0.2, 0.25) is 0 Å². The Morgan fingerprint density at radius 1 is 1.60 bits per heavy atom. The van der Waals surface area contributed by atoms with Crippen LogP contribution in [-0.2, 0) is 0 Å². The molecular formula is C11H16ClN3. The van der Waals surface area contributed by atoms with Crippen LogP contribution in [0.3, 0.4) is 0 Å². The number of hydrogen-bond donors (Lipinski definition) is 1. The highest BCUT2D eigenvalue weighted by molar-refractivity contribution is 6.21. The molecule has 3 nitrogen and oxygen atoms in total. The Bertz CT molecular complexity index is 325. The fourth-order valence-electron chi connectivity index (χ4n) is 1.72. The van der Waals surface area contributed by atoms with Crippen LogP contribution in [-0.4, -0.2) is 21.9 Å². The number of rotatable bonds is 4. The minimum Gasteiger partial charge on any atom is -0.368 e. The van der Waals surface area contributed by atoms with Gasteiger partial charge in [-0.25, -0.2) is 9.97 Å². The van der Waals surface area contributed by atoms with Crippen LogP contribution in [0.5, 0.6) is 0 Å². The first-order chi connectivity index (χ1) is 7.25. The van der Waals surface area contributed by atoms with E-state index >= 15 is 0 Å². The van der Waals surface area contributed by atoms with Crippen molar-refractivity contribution in [1.82, 2.24) is 9.97 Å². The normalized spacial score (nSPS) is 18.3. The first kappa shape index (κ1) is 10.7. The summed E-state index contributed by atoms with van der Waals surface area (Å²) in [5.41, 5.74) is 0. The van der Waals surface area contributed by atoms with Crippen molar-refractivity contribution in [3.05, 3.63) is 18.1 Å². The number of aryl methyl sites for hydroxylation is 1. The lowest BCUT2D eigenvalue weighted by Gasteiger charge is -2.29. The second-order valence-electron chi connectivity index (χ2n) is 4.08. The number of aromatic nitrogens is 2. The van der Waals surface area contributed by atoms with Crippen molar-refractivity contribution in [2.24, 2.45) is 5.92 Å². The highest BCUT2D eigenvalue weighted by atomic mass is 35.5. The maximum absolute atomic E-state index is 6.27. The average Bonchev–Trinajstić information content (AvgIpc) is 2.12. The van der Waals surface area contributed by atoms with E-state index in [1.807, 2.05) is 13.0 Å². The average molecular weight is 226 g/mol. The van der Waals surface area contributed by atoms with Crippen molar-refractivity contribution in [3.8, 4) is 0 Å². The molecule has 1 fully saturated rings. The van der Waals surface area contributed by atoms with Crippen molar-refractivity contribution in [2.45, 2.75) is 31.6 Å². The van der Waals surface area contributed by atoms with Crippen LogP contribution in [0.1, 0.15) is 25.1 Å². The highest BCUT2D eigenvalue weighted by Gasteiger charge is 2.25. The van der Waals surface area contributed by atoms with Crippen molar-refractivity contribution in [3.63, 3.8) is 0 Å². The van der Waals surface area contributed by atoms with Crippen LogP contribution >= 0.6 is 11.6 Å². The Morgan fingerprint density at radius 3 is 3.00 bits per heavy atom. The van der Waals surface area contributed by atoms with Crippen molar-refractivity contribution in [1.29, 1.82) is 0 Å². The monoisotopic (exact) mass is 225 g/mol. The second kappa shape index (κ2) is 4.79. The van der Waals surface area contributed by atoms with Gasteiger partial charge in [0.05, 0.1) is 5.38 Å². The Labute approximate surface area is 95.3 Å². The standard InChI is InChI=1S/C11H16ClN3/c1-8-13-6-5-11(15-8)14-7-10(12)9-3-2-4-9/h5-6,9-10H,2-4,7H2,1H3,(H,13,14,15). The van der Waals surface area contributed by atoms with Gasteiger partial charge in [-0.1, -0.05) is 6.42 Å². The van der Waals surface area contributed by atoms with E-state index in [9.17, 15) is 0 Å². The van der Waals surface area contributed by atoms with Gasteiger partial charge < -0.3 is 5.32 Å². The molecule has 0 amide bonds. The number of hydrogen-bond acceptors (Lipinski definition) is 3. The summed E-state index contributed by atoms with van der Waals surface area (Å²) in [6.45, 7) is 2.68. The van der Waals surface area contributed by atoms with Gasteiger partial charge in [0.15, 0.2) is 0 Å². The molecule has 1 aliphatic rings. The third kappa shape index (κ3) is 2.81. The van der Waals surface area contributed by atoms with Gasteiger partial charge in [-0.2, -0.15) is 0 Å². The summed E-state index contributed by atoms with van der Waals surface area (Å²) in [5, 5.41) is 3.48. The van der Waals surface area contributed by atoms with Crippen LogP contribution in [0, 0.1) is 12.8 Å². The molecule has 2 rings (SSSR count). The number of halogens is 1. The van der Waals surface area contributed by atoms with E-state index in [-0.39, 0.29) is 5.38 Å². The minimum atomic E-state index is 0.231. The lowest BCUT2D eigenvalue weighted by Crippen LogP contribution is -2.28. The molecule has 1 N–H and O–H groups in total. The lowest BCUT2D eigenvalue weighted by molar-refractivity contribution is 0.308. The van der Waals surface area contributed by atoms with E-state index in [0.717, 1.165) is 18.2 Å². The Morgan fingerprint density at radius 2 is 2.40 bits per heavy atom. The van der Waals surface area contributed by atoms with E-state index in [0.29, 0.717) is 5.92 Å². The Kier molecular flexibility index (Phi) is 3.41. The van der Waals surface area contributed by atoms with E-state index in [1.165, 1.54) is 19.3 Å². The van der Waals surface area contributed by atoms with Gasteiger partial charge >= 0.3 is 0 Å². The van der Waals surface area contributed by atoms with E-state index in [1.54, 1.807) is 6.20 Å². The van der Waals surface area contributed by atoms with Crippen LogP contribution in [0.25, 0.3) is 0 Å². The van der Waals surface area contributed by atoms with Crippen molar-refractivity contribution < 1.29 is 0 Å². The molecule has 0 spiro atoms. The maximum atomic E-state index is 6.27. The topological polar surface area (TPSA) is 37.8 Å². The molecule has 0 aromatic carbocycles. The maximum Gasteiger partial charge on any atom is 0.129 e. The fraction of sp³-hybridized carbons (Fsp3) is 0.636. The molecule has 1 heterocycles. The number of nitrogens with one attached hydrogen (secondary N) is 1. The number of alkyl halides is 1. The molecule has 15 heavy (non-hydrogen) atoms. The van der Waals surface area contributed by atoms with Gasteiger partial charge in [-0.3, -0.25) is 0 Å². The van der Waals surface area contributed by atoms with E-state index in [4.69, 9.17) is 11.6 Å². The summed E-state index contributed by atoms with van der Waals surface area (Å²) in [4.78, 5) is 8.31. The summed E-state index contributed by atoms with van der Waals surface area (Å²) in [6.07, 6.45) is 5.65. The molecule has 1 atom stereocenters. The summed E-state index contributed by atoms with van der Waals surface area (Å²) in [6, 6.07) is 1.87. The molecule has 0 bridgehead atoms. The van der Waals surface area contributed by atoms with Crippen LogP contribution in [0.4, 0.5) is 5.82 Å². The van der Waals surface area contributed by atoms with E-state index < -0.39 is 0 Å². The first-order valence-electron chi connectivity index (χ1n) is 5.43. The van der Waals surface area contributed by atoms with Crippen LogP contribution in [0.15, 0.2) is 12.3 Å². The molecule has 82 valence electrons. The summed E-state index contributed by atoms with van der Waals surface area (Å²) >= 11 is 6.27. The van der Waals surface area contributed by atoms with Gasteiger partial charge in [0, 0.05) is 12.7 Å². The SMILES string of the molecule is Cc1nccc(NCC(Cl)C2CCC2)n1. The third-order valence-corrected chi connectivity index (χ3v) is 3.43. The fourth-order valence-corrected chi connectivity index (χ4v) is 2.05. The molecule has 1 unspecified atom stereocenters. The lowest BCUT2D eigenvalue weighted by atomic mass is 9.83. The second-order valence-corrected chi connectivity index (χ2v) is 4.64. The predicted octanol–water partition coefficient (Wildman–Crippen LogP) is 2.60. The van der Waals surface area contributed by atoms with Crippen molar-refractivity contribution in [2.75, 3.05) is 11.9 Å². The zero-order valence-electron chi connectivity index (χ0n) is 8.91. The third-order valence-electron chi connectivity index (χ3n) is 2.92. The smallest absolute Gasteiger partial charge is 0.129 e. The Hall–Kier alpha value is -0.830. The molecule has 0 radical (unpaired) electrons. The van der Waals surface area contributed by atoms with E-state index in [2.05, 4.69) is 15.3 Å². The predicted molar refractivity (Wildman–Crippen MR) is 62.2 cm³/mol. The number of anilines is 1. The number of nitrogens with zero attached hydrogens (tertiary/aromatic N) is 2. The van der Waals surface area contributed by atoms with Gasteiger partial charge in [0.1, 0.15) is 11.6 Å². The summed E-state index contributed by atoms with van der Waals surface area (Å²) in [5.74, 6) is 2.35.